The predicted molar refractivity (Wildman–Crippen MR) is 35.8 cm³/mol. The Morgan fingerprint density at radius 2 is 1.88 bits per heavy atom. The molecule has 0 N–H and O–H groups in total. The molecule has 0 aliphatic heterocycles. The van der Waals surface area contributed by atoms with E-state index in [0.717, 1.165) is 0 Å². The molecule has 0 amide bonds. The molecule has 1 atom stereocenters. The van der Waals surface area contributed by atoms with Crippen molar-refractivity contribution in [2.75, 3.05) is 6.66 Å². The van der Waals surface area contributed by atoms with Crippen molar-refractivity contribution in [2.45, 2.75) is 31.3 Å². The highest BCUT2D eigenvalue weighted by atomic mass is 31.1. The van der Waals surface area contributed by atoms with Crippen molar-refractivity contribution in [3.05, 3.63) is 0 Å². The molecule has 1 nitrogen and oxygen atoms in total. The van der Waals surface area contributed by atoms with Gasteiger partial charge in [-0.2, -0.15) is 0 Å². The lowest BCUT2D eigenvalue weighted by Gasteiger charge is -1.87. The van der Waals surface area contributed by atoms with Crippen LogP contribution in [0.5, 0.6) is 0 Å². The number of rotatable bonds is 1. The Morgan fingerprint density at radius 3 is 2.12 bits per heavy atom. The highest BCUT2D eigenvalue weighted by molar-refractivity contribution is 7.44. The van der Waals surface area contributed by atoms with E-state index in [2.05, 4.69) is 0 Å². The van der Waals surface area contributed by atoms with Gasteiger partial charge in [0.05, 0.1) is 0 Å². The smallest absolute Gasteiger partial charge is 0.0748 e. The maximum Gasteiger partial charge on any atom is 0.338 e. The topological polar surface area (TPSA) is 17.1 Å². The van der Waals surface area contributed by atoms with E-state index in [1.54, 1.807) is 0 Å². The highest BCUT2D eigenvalue weighted by Crippen LogP contribution is 2.36. The van der Waals surface area contributed by atoms with E-state index in [9.17, 15) is 4.57 Å². The first-order chi connectivity index (χ1) is 3.80. The largest absolute Gasteiger partial charge is 0.338 e. The third-order valence-electron chi connectivity index (χ3n) is 1.84. The van der Waals surface area contributed by atoms with Crippen LogP contribution in [-0.2, 0) is 4.57 Å². The SMILES string of the molecule is C[P+](=O)C1CCCC1. The van der Waals surface area contributed by atoms with Crippen LogP contribution in [0.3, 0.4) is 0 Å². The molecule has 2 heteroatoms. The van der Waals surface area contributed by atoms with E-state index in [1.165, 1.54) is 25.7 Å². The number of hydrogen-bond donors (Lipinski definition) is 0. The van der Waals surface area contributed by atoms with Gasteiger partial charge in [0, 0.05) is 0 Å². The molecule has 1 aliphatic carbocycles. The van der Waals surface area contributed by atoms with Gasteiger partial charge in [-0.1, -0.05) is 4.57 Å². The monoisotopic (exact) mass is 131 g/mol. The standard InChI is InChI=1S/C6H12OP/c1-8(7)6-4-2-3-5-6/h6H,2-5H2,1H3/q+1. The van der Waals surface area contributed by atoms with Crippen LogP contribution in [0.4, 0.5) is 0 Å². The van der Waals surface area contributed by atoms with E-state index < -0.39 is 7.80 Å². The van der Waals surface area contributed by atoms with Crippen molar-refractivity contribution in [3.63, 3.8) is 0 Å². The van der Waals surface area contributed by atoms with Gasteiger partial charge < -0.3 is 0 Å². The fourth-order valence-electron chi connectivity index (χ4n) is 1.27. The minimum absolute atomic E-state index is 0.574. The third-order valence-corrected chi connectivity index (χ3v) is 3.38. The number of hydrogen-bond acceptors (Lipinski definition) is 1. The minimum Gasteiger partial charge on any atom is -0.0748 e. The molecule has 0 aromatic carbocycles. The normalized spacial score (nSPS) is 23.9. The molecule has 8 heavy (non-hydrogen) atoms. The van der Waals surface area contributed by atoms with E-state index >= 15 is 0 Å². The van der Waals surface area contributed by atoms with Gasteiger partial charge in [0.25, 0.3) is 0 Å². The lowest BCUT2D eigenvalue weighted by atomic mass is 10.4. The molecule has 0 saturated heterocycles. The molecular weight excluding hydrogens is 119 g/mol. The Kier molecular flexibility index (Phi) is 2.01. The summed E-state index contributed by atoms with van der Waals surface area (Å²) in [5.41, 5.74) is 0.574. The molecule has 0 aromatic heterocycles. The van der Waals surface area contributed by atoms with Crippen molar-refractivity contribution < 1.29 is 4.57 Å². The fraction of sp³-hybridized carbons (Fsp3) is 1.00. The molecule has 1 unspecified atom stereocenters. The second kappa shape index (κ2) is 2.59. The van der Waals surface area contributed by atoms with Crippen molar-refractivity contribution in [1.29, 1.82) is 0 Å². The van der Waals surface area contributed by atoms with Crippen molar-refractivity contribution in [3.8, 4) is 0 Å². The van der Waals surface area contributed by atoms with Gasteiger partial charge in [-0.25, -0.2) is 0 Å². The van der Waals surface area contributed by atoms with Gasteiger partial charge in [-0.15, -0.1) is 0 Å². The van der Waals surface area contributed by atoms with Gasteiger partial charge in [0.15, 0.2) is 5.66 Å². The third kappa shape index (κ3) is 1.29. The molecule has 0 radical (unpaired) electrons. The second-order valence-electron chi connectivity index (χ2n) is 2.48. The van der Waals surface area contributed by atoms with Gasteiger partial charge in [0.1, 0.15) is 6.66 Å². The highest BCUT2D eigenvalue weighted by Gasteiger charge is 2.27. The maximum absolute atomic E-state index is 10.8. The van der Waals surface area contributed by atoms with Crippen molar-refractivity contribution >= 4 is 7.80 Å². The van der Waals surface area contributed by atoms with Crippen LogP contribution in [0.1, 0.15) is 25.7 Å². The fourth-order valence-corrected chi connectivity index (χ4v) is 2.36. The van der Waals surface area contributed by atoms with Gasteiger partial charge in [-0.05, 0) is 25.7 Å². The molecule has 0 heterocycles. The maximum atomic E-state index is 10.8. The molecule has 1 saturated carbocycles. The van der Waals surface area contributed by atoms with Gasteiger partial charge in [-0.3, -0.25) is 0 Å². The minimum atomic E-state index is -0.852. The van der Waals surface area contributed by atoms with Crippen LogP contribution >= 0.6 is 7.80 Å². The second-order valence-corrected chi connectivity index (χ2v) is 4.31. The Hall–Kier alpha value is 0.100. The summed E-state index contributed by atoms with van der Waals surface area (Å²) in [7, 11) is -0.852. The Bertz CT molecular complexity index is 94.7. The van der Waals surface area contributed by atoms with Crippen LogP contribution in [0.15, 0.2) is 0 Å². The molecule has 1 rings (SSSR count). The summed E-state index contributed by atoms with van der Waals surface area (Å²) in [5.74, 6) is 0. The zero-order valence-corrected chi connectivity index (χ0v) is 6.16. The predicted octanol–water partition coefficient (Wildman–Crippen LogP) is 2.39. The van der Waals surface area contributed by atoms with Crippen LogP contribution in [0.2, 0.25) is 0 Å². The lowest BCUT2D eigenvalue weighted by molar-refractivity contribution is 0.581. The average molecular weight is 131 g/mol. The summed E-state index contributed by atoms with van der Waals surface area (Å²) in [5, 5.41) is 0. The first-order valence-electron chi connectivity index (χ1n) is 3.20. The van der Waals surface area contributed by atoms with Crippen LogP contribution in [0, 0.1) is 0 Å². The summed E-state index contributed by atoms with van der Waals surface area (Å²) in [4.78, 5) is 0. The summed E-state index contributed by atoms with van der Waals surface area (Å²) in [6, 6.07) is 0. The Labute approximate surface area is 51.3 Å². The average Bonchev–Trinajstić information content (AvgIpc) is 2.12. The molecule has 46 valence electrons. The van der Waals surface area contributed by atoms with E-state index in [-0.39, 0.29) is 0 Å². The van der Waals surface area contributed by atoms with Gasteiger partial charge in [0.2, 0.25) is 0 Å². The van der Waals surface area contributed by atoms with E-state index in [4.69, 9.17) is 0 Å². The Morgan fingerprint density at radius 1 is 1.38 bits per heavy atom. The van der Waals surface area contributed by atoms with Crippen LogP contribution in [0.25, 0.3) is 0 Å². The molecule has 0 aromatic rings. The first-order valence-corrected chi connectivity index (χ1v) is 4.98. The molecule has 1 aliphatic rings. The summed E-state index contributed by atoms with van der Waals surface area (Å²) in [6.07, 6.45) is 5.04. The first kappa shape index (κ1) is 6.22. The molecule has 1 fully saturated rings. The summed E-state index contributed by atoms with van der Waals surface area (Å²) >= 11 is 0. The quantitative estimate of drug-likeness (QED) is 0.499. The van der Waals surface area contributed by atoms with Crippen molar-refractivity contribution in [2.24, 2.45) is 0 Å². The molecular formula is C6H12OP+. The summed E-state index contributed by atoms with van der Waals surface area (Å²) < 4.78 is 10.8. The zero-order valence-electron chi connectivity index (χ0n) is 5.26. The lowest BCUT2D eigenvalue weighted by Crippen LogP contribution is -1.90. The Balaban J connectivity index is 2.35. The van der Waals surface area contributed by atoms with Gasteiger partial charge >= 0.3 is 7.80 Å². The zero-order chi connectivity index (χ0) is 5.98. The van der Waals surface area contributed by atoms with Crippen LogP contribution in [-0.4, -0.2) is 12.3 Å². The molecule has 0 spiro atoms. The summed E-state index contributed by atoms with van der Waals surface area (Å²) in [6.45, 7) is 1.85. The molecule has 0 bridgehead atoms. The van der Waals surface area contributed by atoms with Crippen LogP contribution < -0.4 is 0 Å². The van der Waals surface area contributed by atoms with E-state index in [0.29, 0.717) is 5.66 Å². The van der Waals surface area contributed by atoms with Crippen molar-refractivity contribution in [1.82, 2.24) is 0 Å². The van der Waals surface area contributed by atoms with E-state index in [1.807, 2.05) is 6.66 Å².